The van der Waals surface area contributed by atoms with E-state index in [9.17, 15) is 0 Å². The average molecular weight is 262 g/mol. The first-order valence-electron chi connectivity index (χ1n) is 7.21. The molecule has 0 spiro atoms. The van der Waals surface area contributed by atoms with Crippen molar-refractivity contribution in [3.05, 3.63) is 65.8 Å². The smallest absolute Gasteiger partial charge is 0.00303 e. The zero-order valence-electron chi connectivity index (χ0n) is 12.5. The Hall–Kier alpha value is -2.08. The summed E-state index contributed by atoms with van der Waals surface area (Å²) in [6.07, 6.45) is 7.88. The van der Waals surface area contributed by atoms with Crippen LogP contribution in [0.1, 0.15) is 41.7 Å². The lowest BCUT2D eigenvalue weighted by Crippen LogP contribution is -2.01. The lowest BCUT2D eigenvalue weighted by Gasteiger charge is -2.19. The molecule has 0 radical (unpaired) electrons. The van der Waals surface area contributed by atoms with E-state index in [1.807, 2.05) is 18.2 Å². The molecule has 2 aromatic rings. The number of fused-ring (bicyclic) bond motifs is 1. The topological polar surface area (TPSA) is 0 Å². The van der Waals surface area contributed by atoms with Crippen molar-refractivity contribution in [2.24, 2.45) is 0 Å². The first-order chi connectivity index (χ1) is 9.73. The summed E-state index contributed by atoms with van der Waals surface area (Å²) in [5, 5.41) is 2.57. The van der Waals surface area contributed by atoms with Gasteiger partial charge in [0.2, 0.25) is 0 Å². The number of aryl methyl sites for hydroxylation is 1. The van der Waals surface area contributed by atoms with Crippen molar-refractivity contribution in [1.29, 1.82) is 0 Å². The molecule has 0 unspecified atom stereocenters. The molecular formula is C20H22. The third-order valence-corrected chi connectivity index (χ3v) is 4.01. The van der Waals surface area contributed by atoms with Crippen LogP contribution in [0.2, 0.25) is 0 Å². The zero-order valence-corrected chi connectivity index (χ0v) is 12.5. The van der Waals surface area contributed by atoms with Crippen molar-refractivity contribution in [2.75, 3.05) is 0 Å². The molecule has 0 saturated carbocycles. The largest absolute Gasteiger partial charge is 0.0984 e. The normalized spacial score (nSPS) is 10.5. The van der Waals surface area contributed by atoms with Gasteiger partial charge in [-0.3, -0.25) is 0 Å². The van der Waals surface area contributed by atoms with E-state index in [-0.39, 0.29) is 0 Å². The minimum absolute atomic E-state index is 1.01. The number of rotatable bonds is 5. The molecule has 0 amide bonds. The predicted octanol–water partition coefficient (Wildman–Crippen LogP) is 5.89. The third kappa shape index (κ3) is 2.02. The quantitative estimate of drug-likeness (QED) is 0.630. The van der Waals surface area contributed by atoms with E-state index >= 15 is 0 Å². The fourth-order valence-electron chi connectivity index (χ4n) is 3.17. The van der Waals surface area contributed by atoms with E-state index in [4.69, 9.17) is 0 Å². The maximum absolute atomic E-state index is 4.01. The molecule has 2 rings (SSSR count). The van der Waals surface area contributed by atoms with Crippen molar-refractivity contribution in [3.63, 3.8) is 0 Å². The van der Waals surface area contributed by atoms with Gasteiger partial charge in [-0.05, 0) is 51.4 Å². The van der Waals surface area contributed by atoms with Crippen LogP contribution in [0.4, 0.5) is 0 Å². The van der Waals surface area contributed by atoms with Gasteiger partial charge < -0.3 is 0 Å². The molecule has 102 valence electrons. The van der Waals surface area contributed by atoms with Crippen molar-refractivity contribution >= 4 is 29.0 Å². The van der Waals surface area contributed by atoms with Crippen LogP contribution in [-0.4, -0.2) is 0 Å². The Morgan fingerprint density at radius 2 is 1.50 bits per heavy atom. The Morgan fingerprint density at radius 1 is 0.850 bits per heavy atom. The molecule has 0 aromatic heterocycles. The number of benzene rings is 2. The Morgan fingerprint density at radius 3 is 2.00 bits per heavy atom. The first kappa shape index (κ1) is 14.3. The molecule has 0 saturated heterocycles. The van der Waals surface area contributed by atoms with E-state index < -0.39 is 0 Å². The maximum atomic E-state index is 4.01. The summed E-state index contributed by atoms with van der Waals surface area (Å²) in [4.78, 5) is 0. The summed E-state index contributed by atoms with van der Waals surface area (Å²) in [6.45, 7) is 16.4. The second-order valence-electron chi connectivity index (χ2n) is 4.87. The van der Waals surface area contributed by atoms with E-state index in [0.29, 0.717) is 0 Å². The van der Waals surface area contributed by atoms with Crippen LogP contribution in [0.15, 0.2) is 37.9 Å². The molecule has 20 heavy (non-hydrogen) atoms. The lowest BCUT2D eigenvalue weighted by atomic mass is 9.85. The average Bonchev–Trinajstić information content (AvgIpc) is 2.51. The van der Waals surface area contributed by atoms with E-state index in [2.05, 4.69) is 51.8 Å². The molecule has 0 fully saturated rings. The zero-order chi connectivity index (χ0) is 14.7. The second-order valence-corrected chi connectivity index (χ2v) is 4.87. The molecule has 0 aliphatic heterocycles. The summed E-state index contributed by atoms with van der Waals surface area (Å²) >= 11 is 0. The number of hydrogen-bond donors (Lipinski definition) is 0. The fraction of sp³-hybridized carbons (Fsp3) is 0.200. The van der Waals surface area contributed by atoms with Crippen molar-refractivity contribution in [2.45, 2.75) is 26.7 Å². The Labute approximate surface area is 122 Å². The van der Waals surface area contributed by atoms with Gasteiger partial charge in [0.15, 0.2) is 0 Å². The molecular weight excluding hydrogens is 240 g/mol. The Bertz CT molecular complexity index is 687. The minimum Gasteiger partial charge on any atom is -0.0984 e. The monoisotopic (exact) mass is 262 g/mol. The maximum Gasteiger partial charge on any atom is -0.00303 e. The lowest BCUT2D eigenvalue weighted by molar-refractivity contribution is 1.05. The van der Waals surface area contributed by atoms with Gasteiger partial charge in [-0.15, -0.1) is 0 Å². The van der Waals surface area contributed by atoms with E-state index in [1.165, 1.54) is 33.0 Å². The first-order valence-corrected chi connectivity index (χ1v) is 7.21. The number of hydrogen-bond acceptors (Lipinski definition) is 0. The van der Waals surface area contributed by atoms with Gasteiger partial charge in [0.1, 0.15) is 0 Å². The van der Waals surface area contributed by atoms with Crippen molar-refractivity contribution in [1.82, 2.24) is 0 Å². The van der Waals surface area contributed by atoms with Crippen molar-refractivity contribution in [3.8, 4) is 0 Å². The second kappa shape index (κ2) is 5.92. The molecule has 0 heteroatoms. The highest BCUT2D eigenvalue weighted by atomic mass is 14.2. The molecule has 2 aromatic carbocycles. The highest BCUT2D eigenvalue weighted by molar-refractivity contribution is 6.02. The third-order valence-electron chi connectivity index (χ3n) is 4.01. The van der Waals surface area contributed by atoms with Crippen LogP contribution >= 0.6 is 0 Å². The van der Waals surface area contributed by atoms with Crippen LogP contribution in [0, 0.1) is 0 Å². The van der Waals surface area contributed by atoms with Gasteiger partial charge in [-0.2, -0.15) is 0 Å². The predicted molar refractivity (Wildman–Crippen MR) is 93.0 cm³/mol. The van der Waals surface area contributed by atoms with Gasteiger partial charge in [0.05, 0.1) is 0 Å². The molecule has 0 nitrogen and oxygen atoms in total. The Balaban J connectivity index is 3.14. The summed E-state index contributed by atoms with van der Waals surface area (Å²) in [7, 11) is 0. The highest BCUT2D eigenvalue weighted by Gasteiger charge is 2.15. The fourth-order valence-corrected chi connectivity index (χ4v) is 3.17. The van der Waals surface area contributed by atoms with Gasteiger partial charge in [0.25, 0.3) is 0 Å². The van der Waals surface area contributed by atoms with Gasteiger partial charge >= 0.3 is 0 Å². The van der Waals surface area contributed by atoms with E-state index in [0.717, 1.165) is 18.4 Å². The minimum atomic E-state index is 1.01. The van der Waals surface area contributed by atoms with Crippen LogP contribution in [-0.2, 0) is 12.8 Å². The summed E-state index contributed by atoms with van der Waals surface area (Å²) < 4.78 is 0. The molecule has 0 aliphatic carbocycles. The summed E-state index contributed by atoms with van der Waals surface area (Å²) in [6, 6.07) is 6.43. The summed E-state index contributed by atoms with van der Waals surface area (Å²) in [5.74, 6) is 0. The van der Waals surface area contributed by atoms with Gasteiger partial charge in [0, 0.05) is 0 Å². The SMILES string of the molecule is C=Cc1c(CC)c(CC)c2cccc(C=C)c2c1C=C. The highest BCUT2D eigenvalue weighted by Crippen LogP contribution is 2.35. The van der Waals surface area contributed by atoms with Gasteiger partial charge in [-0.25, -0.2) is 0 Å². The standard InChI is InChI=1S/C20H22/c1-6-14-12-11-13-19-17(9-4)15(7-2)16(8-3)18(10-5)20(14)19/h6,8,10-13H,1,3,5,7,9H2,2,4H3. The van der Waals surface area contributed by atoms with E-state index in [1.54, 1.807) is 0 Å². The van der Waals surface area contributed by atoms with Gasteiger partial charge in [-0.1, -0.05) is 70.0 Å². The van der Waals surface area contributed by atoms with Crippen LogP contribution in [0.5, 0.6) is 0 Å². The van der Waals surface area contributed by atoms with Crippen LogP contribution in [0.25, 0.3) is 29.0 Å². The van der Waals surface area contributed by atoms with Crippen LogP contribution in [0.3, 0.4) is 0 Å². The van der Waals surface area contributed by atoms with Crippen molar-refractivity contribution < 1.29 is 0 Å². The van der Waals surface area contributed by atoms with Crippen LogP contribution < -0.4 is 0 Å². The Kier molecular flexibility index (Phi) is 4.24. The molecule has 0 N–H and O–H groups in total. The molecule has 0 atom stereocenters. The summed E-state index contributed by atoms with van der Waals surface area (Å²) in [5.41, 5.74) is 6.39. The molecule has 0 heterocycles. The molecule has 0 aliphatic rings. The molecule has 0 bridgehead atoms.